The van der Waals surface area contributed by atoms with E-state index in [1.807, 2.05) is 0 Å². The average Bonchev–Trinajstić information content (AvgIpc) is 0.915. The third kappa shape index (κ3) is 88.1. The molecule has 4 heterocycles. The molecule has 6 N–H and O–H groups in total. The molecule has 0 saturated heterocycles. The Bertz CT molecular complexity index is 2670. The van der Waals surface area contributed by atoms with Crippen molar-refractivity contribution in [2.24, 2.45) is 0 Å². The quantitative estimate of drug-likeness (QED) is 0.0793. The molecule has 0 aliphatic heterocycles. The van der Waals surface area contributed by atoms with Crippen LogP contribution in [0, 0.1) is 0 Å². The van der Waals surface area contributed by atoms with Crippen molar-refractivity contribution in [1.82, 2.24) is 19.9 Å². The minimum absolute atomic E-state index is 0. The van der Waals surface area contributed by atoms with Gasteiger partial charge in [0.1, 0.15) is 25.1 Å². The molecule has 0 aliphatic rings. The van der Waals surface area contributed by atoms with Crippen molar-refractivity contribution in [2.75, 3.05) is 0 Å². The van der Waals surface area contributed by atoms with E-state index in [2.05, 4.69) is 19.9 Å². The van der Waals surface area contributed by atoms with Gasteiger partial charge in [-0.05, 0) is 89.8 Å². The Morgan fingerprint density at radius 1 is 0.217 bits per heavy atom. The Balaban J connectivity index is -0.0000000494. The summed E-state index contributed by atoms with van der Waals surface area (Å²) in [6.45, 7) is 33.2. The maximum atomic E-state index is 10.1. The number of carbonyl (C=O) groups excluding carboxylic acids is 4. The number of hydrogen-bond donors (Lipinski definition) is 0. The Labute approximate surface area is 700 Å². The first kappa shape index (κ1) is 151. The first-order valence-corrected chi connectivity index (χ1v) is 39.7. The van der Waals surface area contributed by atoms with E-state index in [9.17, 15) is 134 Å². The second-order valence-corrected chi connectivity index (χ2v) is 45.6. The van der Waals surface area contributed by atoms with Gasteiger partial charge in [0.25, 0.3) is 0 Å². The van der Waals surface area contributed by atoms with Crippen molar-refractivity contribution >= 4 is 85.9 Å². The van der Waals surface area contributed by atoms with Crippen molar-refractivity contribution in [2.45, 2.75) is 207 Å². The maximum Gasteiger partial charge on any atom is 3.00 e. The third-order valence-corrected chi connectivity index (χ3v) is 23.1. The summed E-state index contributed by atoms with van der Waals surface area (Å²) in [7, 11) is -34.8. The zero-order chi connectivity index (χ0) is 79.3. The van der Waals surface area contributed by atoms with E-state index >= 15 is 0 Å². The smallest absolute Gasteiger partial charge is 1.00 e. The number of pyridine rings is 4. The molecule has 106 heavy (non-hydrogen) atoms. The fourth-order valence-electron chi connectivity index (χ4n) is 1.77. The summed E-state index contributed by atoms with van der Waals surface area (Å²) in [5, 5.41) is -8.94. The summed E-state index contributed by atoms with van der Waals surface area (Å²) in [5.41, 5.74) is 2.67. The first-order chi connectivity index (χ1) is 41.7. The largest absolute Gasteiger partial charge is 3.00 e. The van der Waals surface area contributed by atoms with E-state index in [1.54, 1.807) is 98.1 Å². The van der Waals surface area contributed by atoms with E-state index in [-0.39, 0.29) is 138 Å². The first-order valence-electron chi connectivity index (χ1n) is 27.3. The van der Waals surface area contributed by atoms with Gasteiger partial charge in [0.05, 0.1) is 0 Å². The molecule has 0 amide bonds. The van der Waals surface area contributed by atoms with E-state index in [0.29, 0.717) is 22.3 Å². The van der Waals surface area contributed by atoms with Gasteiger partial charge >= 0.3 is 102 Å². The van der Waals surface area contributed by atoms with Crippen molar-refractivity contribution in [1.29, 1.82) is 0 Å². The van der Waals surface area contributed by atoms with Crippen LogP contribution in [0.4, 0.5) is 0 Å². The SMILES string of the molecule is CC(C)(C)P(=O)([O-])[O-].CC(C)(C)P(=O)([O-])[O-].CC(C)(C)P(=O)([O-])[O-].CC(C)(C)P(=O)([O-])[O-].CC(C)(C)P(=O)([O-])[O-].CC(C)(C)P(=O)([O-])[O-].CC(C)(C)P(=O)([O-])[O-].CC(C)(C)P(=O)([O-])[O-].O=Cc1ccncc1.O=Cc1ccncc1.O=Cc1ccncc1.O=Cc1ccncc1.[Cl-].[Cl-].[Mn+3].[Mn+3].[Mn+3].[Mn+3].[Mn+3].[Mn+3].[OH3+].[OH3+]. The van der Waals surface area contributed by atoms with Crippen molar-refractivity contribution in [3.05, 3.63) is 120 Å². The number of carbonyl (C=O) groups is 4. The molecule has 4 aromatic rings. The van der Waals surface area contributed by atoms with Crippen LogP contribution in [0.15, 0.2) is 98.1 Å². The summed E-state index contributed by atoms with van der Waals surface area (Å²) >= 11 is 0. The van der Waals surface area contributed by atoms with Crippen LogP contribution >= 0.6 is 60.8 Å². The molecular weight excluding hydrogens is 1860 g/mol. The average molecular weight is 1960 g/mol. The van der Waals surface area contributed by atoms with Gasteiger partial charge in [-0.3, -0.25) is 39.1 Å². The number of hydrogen-bond acceptors (Lipinski definition) is 32. The molecule has 4 aromatic heterocycles. The molecule has 616 valence electrons. The van der Waals surface area contributed by atoms with Gasteiger partial charge < -0.3 is 151 Å². The normalized spacial score (nSPS) is 11.1. The molecule has 0 aromatic carbocycles. The van der Waals surface area contributed by atoms with Gasteiger partial charge in [0.15, 0.2) is 0 Å². The molecular formula is C56H98Cl2Mn6N4O30P8+2. The fraction of sp³-hybridized carbons (Fsp3) is 0.571. The molecule has 34 nitrogen and oxygen atoms in total. The molecule has 0 unspecified atom stereocenters. The second-order valence-electron chi connectivity index (χ2n) is 26.9. The standard InChI is InChI=1S/4C6H5NO.8C4H11O3P.2ClH.6Mn.2H2O/c4*8-5-6-1-3-7-4-2-6;8*1-4(2,3)8(5,6)7;;;;;;;;;;/h4*1-5H;8*1-3H3,(H2,5,6,7);2*1H;;;;;;;2*1H2/q;;;;;;;;;;;;;;6*+3;;/p-16. The van der Waals surface area contributed by atoms with Crippen LogP contribution in [0.2, 0.25) is 0 Å². The van der Waals surface area contributed by atoms with E-state index < -0.39 is 102 Å². The third-order valence-electron chi connectivity index (χ3n) is 9.94. The summed E-state index contributed by atoms with van der Waals surface area (Å²) in [4.78, 5) is 217. The molecule has 0 saturated carbocycles. The van der Waals surface area contributed by atoms with Crippen LogP contribution in [0.5, 0.6) is 0 Å². The van der Waals surface area contributed by atoms with Crippen molar-refractivity contribution in [3.63, 3.8) is 0 Å². The number of rotatable bonds is 4. The number of nitrogens with zero attached hydrogens (tertiary/aromatic N) is 4. The van der Waals surface area contributed by atoms with E-state index in [1.165, 1.54) is 166 Å². The Kier molecular flexibility index (Phi) is 93.0. The van der Waals surface area contributed by atoms with E-state index in [0.717, 1.165) is 25.1 Å². The van der Waals surface area contributed by atoms with Crippen LogP contribution in [0.3, 0.4) is 0 Å². The van der Waals surface area contributed by atoms with Gasteiger partial charge in [0.2, 0.25) is 0 Å². The summed E-state index contributed by atoms with van der Waals surface area (Å²) in [6.07, 6.45) is 15.9. The van der Waals surface area contributed by atoms with Crippen LogP contribution in [0.25, 0.3) is 0 Å². The van der Waals surface area contributed by atoms with Crippen molar-refractivity contribution in [3.8, 4) is 0 Å². The molecule has 0 fully saturated rings. The van der Waals surface area contributed by atoms with Gasteiger partial charge in [-0.1, -0.05) is 227 Å². The second kappa shape index (κ2) is 65.3. The summed E-state index contributed by atoms with van der Waals surface area (Å²) < 4.78 is 81.0. The van der Waals surface area contributed by atoms with Crippen LogP contribution in [0.1, 0.15) is 208 Å². The maximum absolute atomic E-state index is 10.1. The summed E-state index contributed by atoms with van der Waals surface area (Å²) in [6, 6.07) is 13.3. The molecule has 0 radical (unpaired) electrons. The van der Waals surface area contributed by atoms with Gasteiger partial charge in [-0.25, -0.2) is 0 Å². The minimum atomic E-state index is -4.35. The topological polar surface area (TPSA) is 691 Å². The van der Waals surface area contributed by atoms with Crippen LogP contribution in [-0.2, 0) is 150 Å². The van der Waals surface area contributed by atoms with Gasteiger partial charge in [0, 0.05) is 71.8 Å². The molecule has 0 aliphatic carbocycles. The minimum Gasteiger partial charge on any atom is -1.00 e. The molecule has 4 rings (SSSR count). The number of aromatic nitrogens is 4. The van der Waals surface area contributed by atoms with Gasteiger partial charge in [-0.2, -0.15) is 0 Å². The number of halogens is 2. The zero-order valence-corrected chi connectivity index (χ0v) is 78.3. The zero-order valence-electron chi connectivity index (χ0n) is 62.5. The summed E-state index contributed by atoms with van der Waals surface area (Å²) in [5.74, 6) is 0. The van der Waals surface area contributed by atoms with Crippen LogP contribution in [-0.4, -0.2) is 86.3 Å². The Morgan fingerprint density at radius 2 is 0.274 bits per heavy atom. The molecule has 0 bridgehead atoms. The molecule has 50 heteroatoms. The predicted molar refractivity (Wildman–Crippen MR) is 347 cm³/mol. The molecule has 0 spiro atoms. The number of aldehydes is 4. The fourth-order valence-corrected chi connectivity index (χ4v) is 1.77. The van der Waals surface area contributed by atoms with Gasteiger partial charge in [-0.15, -0.1) is 0 Å². The van der Waals surface area contributed by atoms with Crippen molar-refractivity contribution < 1.29 is 272 Å². The Morgan fingerprint density at radius 3 is 0.302 bits per heavy atom. The monoisotopic (exact) mass is 1950 g/mol. The molecule has 0 atom stereocenters. The Hall–Kier alpha value is 0.0969. The predicted octanol–water partition coefficient (Wildman–Crippen LogP) is -6.69. The van der Waals surface area contributed by atoms with E-state index in [4.69, 9.17) is 0 Å². The van der Waals surface area contributed by atoms with Crippen LogP contribution < -0.4 is 103 Å².